The van der Waals surface area contributed by atoms with Gasteiger partial charge in [-0.1, -0.05) is 25.0 Å². The maximum absolute atomic E-state index is 13.6. The summed E-state index contributed by atoms with van der Waals surface area (Å²) in [5.41, 5.74) is -0.165. The van der Waals surface area contributed by atoms with Gasteiger partial charge in [0.25, 0.3) is 5.91 Å². The van der Waals surface area contributed by atoms with Crippen LogP contribution in [0.2, 0.25) is 0 Å². The summed E-state index contributed by atoms with van der Waals surface area (Å²) in [5.74, 6) is -0.974. The van der Waals surface area contributed by atoms with Crippen molar-refractivity contribution in [2.75, 3.05) is 19.7 Å². The van der Waals surface area contributed by atoms with E-state index in [1.54, 1.807) is 17.0 Å². The van der Waals surface area contributed by atoms with Crippen LogP contribution in [0.4, 0.5) is 4.39 Å². The van der Waals surface area contributed by atoms with Crippen molar-refractivity contribution in [1.29, 1.82) is 0 Å². The molecular formula is C18H24FNO3. The number of esters is 1. The number of carbonyl (C=O) groups is 2. The summed E-state index contributed by atoms with van der Waals surface area (Å²) in [7, 11) is 0. The molecule has 1 fully saturated rings. The van der Waals surface area contributed by atoms with Crippen molar-refractivity contribution in [1.82, 2.24) is 4.90 Å². The van der Waals surface area contributed by atoms with Crippen molar-refractivity contribution in [2.24, 2.45) is 0 Å². The molecule has 0 atom stereocenters. The summed E-state index contributed by atoms with van der Waals surface area (Å²) in [5, 5.41) is 0. The molecule has 0 aromatic heterocycles. The molecule has 5 heteroatoms. The lowest BCUT2D eigenvalue weighted by Crippen LogP contribution is -2.39. The molecule has 23 heavy (non-hydrogen) atoms. The minimum atomic E-state index is -0.814. The van der Waals surface area contributed by atoms with E-state index in [0.29, 0.717) is 31.5 Å². The monoisotopic (exact) mass is 321 g/mol. The molecule has 1 saturated carbocycles. The summed E-state index contributed by atoms with van der Waals surface area (Å²) < 4.78 is 18.9. The van der Waals surface area contributed by atoms with Gasteiger partial charge in [0, 0.05) is 13.1 Å². The number of hydrogen-bond acceptors (Lipinski definition) is 3. The number of carbonyl (C=O) groups excluding carboxylic acids is 2. The van der Waals surface area contributed by atoms with E-state index in [1.165, 1.54) is 12.1 Å². The van der Waals surface area contributed by atoms with Crippen LogP contribution in [-0.4, -0.2) is 36.5 Å². The lowest BCUT2D eigenvalue weighted by atomic mass is 9.79. The van der Waals surface area contributed by atoms with Crippen LogP contribution in [0.1, 0.15) is 45.1 Å². The van der Waals surface area contributed by atoms with Gasteiger partial charge in [-0.15, -0.1) is 0 Å². The van der Waals surface area contributed by atoms with Gasteiger partial charge in [-0.3, -0.25) is 9.59 Å². The van der Waals surface area contributed by atoms with E-state index in [4.69, 9.17) is 4.74 Å². The highest BCUT2D eigenvalue weighted by Gasteiger charge is 2.44. The molecule has 1 aromatic rings. The minimum Gasteiger partial charge on any atom is -0.455 e. The largest absolute Gasteiger partial charge is 0.455 e. The second kappa shape index (κ2) is 7.57. The Kier molecular flexibility index (Phi) is 5.74. The molecule has 0 heterocycles. The predicted octanol–water partition coefficient (Wildman–Crippen LogP) is 3.05. The second-order valence-corrected chi connectivity index (χ2v) is 5.94. The van der Waals surface area contributed by atoms with Gasteiger partial charge in [-0.25, -0.2) is 4.39 Å². The zero-order valence-corrected chi connectivity index (χ0v) is 13.8. The zero-order valence-electron chi connectivity index (χ0n) is 13.8. The zero-order chi connectivity index (χ0) is 16.9. The van der Waals surface area contributed by atoms with Crippen LogP contribution in [0.25, 0.3) is 0 Å². The molecule has 0 saturated heterocycles. The topological polar surface area (TPSA) is 46.6 Å². The fraction of sp³-hybridized carbons (Fsp3) is 0.556. The van der Waals surface area contributed by atoms with Crippen LogP contribution in [-0.2, 0) is 19.7 Å². The standard InChI is InChI=1S/C18H24FNO3/c1-3-20(4-2)16(21)13-23-17(22)18(10-5-6-11-18)14-8-7-9-15(19)12-14/h7-9,12H,3-6,10-11,13H2,1-2H3. The Labute approximate surface area is 136 Å². The highest BCUT2D eigenvalue weighted by atomic mass is 19.1. The molecule has 1 aliphatic carbocycles. The van der Waals surface area contributed by atoms with E-state index >= 15 is 0 Å². The molecule has 0 bridgehead atoms. The molecule has 0 radical (unpaired) electrons. The first kappa shape index (κ1) is 17.4. The van der Waals surface area contributed by atoms with Crippen LogP contribution >= 0.6 is 0 Å². The fourth-order valence-electron chi connectivity index (χ4n) is 3.31. The third-order valence-electron chi connectivity index (χ3n) is 4.67. The van der Waals surface area contributed by atoms with E-state index in [0.717, 1.165) is 12.8 Å². The van der Waals surface area contributed by atoms with Gasteiger partial charge in [0.2, 0.25) is 0 Å². The minimum absolute atomic E-state index is 0.198. The molecule has 1 amide bonds. The molecule has 0 N–H and O–H groups in total. The first-order valence-corrected chi connectivity index (χ1v) is 8.24. The number of ether oxygens (including phenoxy) is 1. The second-order valence-electron chi connectivity index (χ2n) is 5.94. The molecule has 2 rings (SSSR count). The van der Waals surface area contributed by atoms with Crippen LogP contribution in [0.15, 0.2) is 24.3 Å². The Bertz CT molecular complexity index is 563. The smallest absolute Gasteiger partial charge is 0.317 e. The van der Waals surface area contributed by atoms with E-state index in [-0.39, 0.29) is 18.3 Å². The summed E-state index contributed by atoms with van der Waals surface area (Å²) in [4.78, 5) is 26.3. The van der Waals surface area contributed by atoms with Crippen LogP contribution in [0, 0.1) is 5.82 Å². The highest BCUT2D eigenvalue weighted by Crippen LogP contribution is 2.42. The molecule has 4 nitrogen and oxygen atoms in total. The Morgan fingerprint density at radius 1 is 1.22 bits per heavy atom. The van der Waals surface area contributed by atoms with E-state index in [2.05, 4.69) is 0 Å². The number of benzene rings is 1. The number of likely N-dealkylation sites (N-methyl/N-ethyl adjacent to an activating group) is 1. The predicted molar refractivity (Wildman–Crippen MR) is 85.4 cm³/mol. The van der Waals surface area contributed by atoms with Crippen molar-refractivity contribution in [3.05, 3.63) is 35.6 Å². The Hall–Kier alpha value is -1.91. The fourth-order valence-corrected chi connectivity index (χ4v) is 3.31. The maximum atomic E-state index is 13.6. The number of hydrogen-bond donors (Lipinski definition) is 0. The molecule has 1 aliphatic rings. The number of halogens is 1. The average molecular weight is 321 g/mol. The summed E-state index contributed by atoms with van der Waals surface area (Å²) in [6, 6.07) is 6.14. The molecule has 0 aliphatic heterocycles. The van der Waals surface area contributed by atoms with Gasteiger partial charge in [0.05, 0.1) is 5.41 Å². The highest BCUT2D eigenvalue weighted by molar-refractivity contribution is 5.86. The van der Waals surface area contributed by atoms with Gasteiger partial charge >= 0.3 is 5.97 Å². The first-order chi connectivity index (χ1) is 11.0. The molecule has 0 unspecified atom stereocenters. The van der Waals surface area contributed by atoms with Crippen molar-refractivity contribution >= 4 is 11.9 Å². The lowest BCUT2D eigenvalue weighted by molar-refractivity contribution is -0.157. The molecule has 126 valence electrons. The van der Waals surface area contributed by atoms with Crippen molar-refractivity contribution in [3.8, 4) is 0 Å². The van der Waals surface area contributed by atoms with E-state index in [1.807, 2.05) is 13.8 Å². The van der Waals surface area contributed by atoms with Gasteiger partial charge in [-0.2, -0.15) is 0 Å². The average Bonchev–Trinajstić information content (AvgIpc) is 3.05. The third kappa shape index (κ3) is 3.71. The van der Waals surface area contributed by atoms with Crippen LogP contribution in [0.5, 0.6) is 0 Å². The molecular weight excluding hydrogens is 297 g/mol. The third-order valence-corrected chi connectivity index (χ3v) is 4.67. The Morgan fingerprint density at radius 2 is 1.87 bits per heavy atom. The molecule has 1 aromatic carbocycles. The van der Waals surface area contributed by atoms with Gasteiger partial charge in [-0.05, 0) is 44.4 Å². The quantitative estimate of drug-likeness (QED) is 0.757. The normalized spacial score (nSPS) is 16.1. The first-order valence-electron chi connectivity index (χ1n) is 8.24. The Balaban J connectivity index is 2.12. The van der Waals surface area contributed by atoms with E-state index in [9.17, 15) is 14.0 Å². The van der Waals surface area contributed by atoms with Crippen LogP contribution < -0.4 is 0 Å². The number of nitrogens with zero attached hydrogens (tertiary/aromatic N) is 1. The SMILES string of the molecule is CCN(CC)C(=O)COC(=O)C1(c2cccc(F)c2)CCCC1. The van der Waals surface area contributed by atoms with E-state index < -0.39 is 11.4 Å². The number of amides is 1. The van der Waals surface area contributed by atoms with Gasteiger partial charge in [0.1, 0.15) is 5.82 Å². The van der Waals surface area contributed by atoms with Crippen molar-refractivity contribution in [3.63, 3.8) is 0 Å². The van der Waals surface area contributed by atoms with Gasteiger partial charge in [0.15, 0.2) is 6.61 Å². The molecule has 0 spiro atoms. The lowest BCUT2D eigenvalue weighted by Gasteiger charge is -2.28. The summed E-state index contributed by atoms with van der Waals surface area (Å²) in [6.45, 7) is 4.68. The van der Waals surface area contributed by atoms with Crippen molar-refractivity contribution < 1.29 is 18.7 Å². The van der Waals surface area contributed by atoms with Crippen molar-refractivity contribution in [2.45, 2.75) is 44.9 Å². The summed E-state index contributed by atoms with van der Waals surface area (Å²) >= 11 is 0. The number of rotatable bonds is 6. The summed E-state index contributed by atoms with van der Waals surface area (Å²) in [6.07, 6.45) is 3.06. The van der Waals surface area contributed by atoms with Gasteiger partial charge < -0.3 is 9.64 Å². The van der Waals surface area contributed by atoms with Crippen LogP contribution in [0.3, 0.4) is 0 Å². The maximum Gasteiger partial charge on any atom is 0.317 e. The Morgan fingerprint density at radius 3 is 2.43 bits per heavy atom.